The largest absolute Gasteiger partial charge is 0.346 e. The van der Waals surface area contributed by atoms with Crippen LogP contribution in [-0.4, -0.2) is 82.1 Å². The lowest BCUT2D eigenvalue weighted by molar-refractivity contribution is -0.129. The highest BCUT2D eigenvalue weighted by molar-refractivity contribution is 5.93. The molecule has 7 nitrogen and oxygen atoms in total. The summed E-state index contributed by atoms with van der Waals surface area (Å²) in [5, 5.41) is 4.61. The van der Waals surface area contributed by atoms with Crippen LogP contribution in [0.1, 0.15) is 62.1 Å². The molecule has 2 saturated heterocycles. The molecule has 0 N–H and O–H groups in total. The van der Waals surface area contributed by atoms with Crippen LogP contribution in [0.2, 0.25) is 0 Å². The molecule has 1 spiro atoms. The maximum Gasteiger partial charge on any atom is 0.272 e. The third kappa shape index (κ3) is 3.74. The number of hydrogen-bond acceptors (Lipinski definition) is 4. The van der Waals surface area contributed by atoms with Gasteiger partial charge in [0.2, 0.25) is 5.91 Å². The maximum atomic E-state index is 13.3. The fraction of sp³-hybridized carbons (Fsp3) is 0.750. The van der Waals surface area contributed by atoms with Crippen molar-refractivity contribution in [1.29, 1.82) is 0 Å². The minimum atomic E-state index is -0.119. The molecule has 27 heavy (non-hydrogen) atoms. The Bertz CT molecular complexity index is 713. The van der Waals surface area contributed by atoms with Crippen molar-refractivity contribution in [2.75, 3.05) is 40.3 Å². The van der Waals surface area contributed by atoms with E-state index in [1.807, 2.05) is 34.5 Å². The molecular weight excluding hydrogens is 342 g/mol. The van der Waals surface area contributed by atoms with Gasteiger partial charge in [0, 0.05) is 51.7 Å². The second-order valence-electron chi connectivity index (χ2n) is 8.36. The van der Waals surface area contributed by atoms with Crippen LogP contribution in [0.4, 0.5) is 0 Å². The predicted molar refractivity (Wildman–Crippen MR) is 105 cm³/mol. The average molecular weight is 376 g/mol. The highest BCUT2D eigenvalue weighted by Crippen LogP contribution is 2.32. The molecule has 7 heteroatoms. The monoisotopic (exact) mass is 375 g/mol. The first-order chi connectivity index (χ1) is 12.8. The van der Waals surface area contributed by atoms with Crippen molar-refractivity contribution >= 4 is 11.8 Å². The molecule has 0 bridgehead atoms. The second-order valence-corrected chi connectivity index (χ2v) is 8.36. The number of aromatic nitrogens is 2. The molecule has 0 aliphatic carbocycles. The van der Waals surface area contributed by atoms with Crippen molar-refractivity contribution in [3.63, 3.8) is 0 Å². The summed E-state index contributed by atoms with van der Waals surface area (Å²) in [6.07, 6.45) is 2.26. The molecule has 0 radical (unpaired) electrons. The molecule has 2 aliphatic heterocycles. The first kappa shape index (κ1) is 19.9. The quantitative estimate of drug-likeness (QED) is 0.808. The number of piperazine rings is 1. The highest BCUT2D eigenvalue weighted by Gasteiger charge is 2.43. The predicted octanol–water partition coefficient (Wildman–Crippen LogP) is 1.80. The van der Waals surface area contributed by atoms with Crippen LogP contribution in [0.15, 0.2) is 6.07 Å². The Kier molecular flexibility index (Phi) is 5.60. The lowest BCUT2D eigenvalue weighted by atomic mass is 9.86. The first-order valence-electron chi connectivity index (χ1n) is 10.1. The van der Waals surface area contributed by atoms with Gasteiger partial charge in [-0.05, 0) is 38.8 Å². The van der Waals surface area contributed by atoms with Crippen molar-refractivity contribution in [3.05, 3.63) is 17.5 Å². The van der Waals surface area contributed by atoms with Gasteiger partial charge in [-0.1, -0.05) is 13.8 Å². The zero-order valence-corrected chi connectivity index (χ0v) is 17.4. The molecule has 1 aromatic rings. The van der Waals surface area contributed by atoms with Crippen molar-refractivity contribution in [1.82, 2.24) is 24.5 Å². The van der Waals surface area contributed by atoms with Gasteiger partial charge in [-0.15, -0.1) is 0 Å². The lowest BCUT2D eigenvalue weighted by Crippen LogP contribution is -2.62. The molecule has 2 fully saturated rings. The van der Waals surface area contributed by atoms with Crippen LogP contribution >= 0.6 is 0 Å². The van der Waals surface area contributed by atoms with E-state index in [2.05, 4.69) is 30.9 Å². The molecule has 2 aliphatic rings. The van der Waals surface area contributed by atoms with E-state index in [0.29, 0.717) is 37.7 Å². The molecule has 0 aromatic carbocycles. The molecule has 3 rings (SSSR count). The topological polar surface area (TPSA) is 61.7 Å². The van der Waals surface area contributed by atoms with Gasteiger partial charge in [-0.3, -0.25) is 19.2 Å². The summed E-state index contributed by atoms with van der Waals surface area (Å²) in [5.41, 5.74) is 1.53. The van der Waals surface area contributed by atoms with Gasteiger partial charge in [-0.25, -0.2) is 0 Å². The number of carbonyl (C=O) groups excluding carboxylic acids is 2. The number of hydrogen-bond donors (Lipinski definition) is 0. The fourth-order valence-electron chi connectivity index (χ4n) is 4.23. The van der Waals surface area contributed by atoms with E-state index in [-0.39, 0.29) is 17.4 Å². The van der Waals surface area contributed by atoms with E-state index < -0.39 is 0 Å². The molecule has 0 saturated carbocycles. The first-order valence-corrected chi connectivity index (χ1v) is 10.1. The second kappa shape index (κ2) is 7.62. The number of likely N-dealkylation sites (tertiary alicyclic amines) is 1. The van der Waals surface area contributed by atoms with E-state index in [4.69, 9.17) is 0 Å². The van der Waals surface area contributed by atoms with E-state index in [1.54, 1.807) is 0 Å². The number of nitrogens with zero attached hydrogens (tertiary/aromatic N) is 5. The minimum Gasteiger partial charge on any atom is -0.346 e. The van der Waals surface area contributed by atoms with Gasteiger partial charge in [0.05, 0.1) is 5.69 Å². The normalized spacial score (nSPS) is 24.7. The lowest BCUT2D eigenvalue weighted by Gasteiger charge is -2.49. The van der Waals surface area contributed by atoms with Crippen molar-refractivity contribution in [2.24, 2.45) is 0 Å². The van der Waals surface area contributed by atoms with Gasteiger partial charge in [0.1, 0.15) is 5.69 Å². The number of rotatable bonds is 3. The minimum absolute atomic E-state index is 0.0626. The number of likely N-dealkylation sites (N-methyl/N-ethyl adjacent to an activating group) is 1. The zero-order chi connectivity index (χ0) is 19.8. The summed E-state index contributed by atoms with van der Waals surface area (Å²) >= 11 is 0. The van der Waals surface area contributed by atoms with Gasteiger partial charge in [-0.2, -0.15) is 5.10 Å². The van der Waals surface area contributed by atoms with Crippen LogP contribution in [-0.2, 0) is 11.3 Å². The van der Waals surface area contributed by atoms with Crippen molar-refractivity contribution in [3.8, 4) is 0 Å². The van der Waals surface area contributed by atoms with Crippen LogP contribution in [0, 0.1) is 0 Å². The number of carbonyl (C=O) groups is 2. The molecular formula is C20H33N5O2. The van der Waals surface area contributed by atoms with E-state index in [1.165, 1.54) is 0 Å². The Morgan fingerprint density at radius 2 is 1.96 bits per heavy atom. The summed E-state index contributed by atoms with van der Waals surface area (Å²) in [5.74, 6) is 0.564. The van der Waals surface area contributed by atoms with Gasteiger partial charge in [0.15, 0.2) is 0 Å². The summed E-state index contributed by atoms with van der Waals surface area (Å²) in [6.45, 7) is 9.87. The van der Waals surface area contributed by atoms with Crippen LogP contribution < -0.4 is 0 Å². The third-order valence-electron chi connectivity index (χ3n) is 6.34. The molecule has 150 valence electrons. The zero-order valence-electron chi connectivity index (χ0n) is 17.4. The number of aryl methyl sites for hydroxylation is 1. The van der Waals surface area contributed by atoms with Crippen LogP contribution in [0.3, 0.4) is 0 Å². The van der Waals surface area contributed by atoms with Crippen molar-refractivity contribution in [2.45, 2.75) is 58.0 Å². The summed E-state index contributed by atoms with van der Waals surface area (Å²) in [6, 6.07) is 1.95. The molecule has 0 unspecified atom stereocenters. The van der Waals surface area contributed by atoms with E-state index >= 15 is 0 Å². The Morgan fingerprint density at radius 3 is 2.63 bits per heavy atom. The summed E-state index contributed by atoms with van der Waals surface area (Å²) < 4.78 is 1.83. The Morgan fingerprint density at radius 1 is 1.22 bits per heavy atom. The Balaban J connectivity index is 1.83. The highest BCUT2D eigenvalue weighted by atomic mass is 16.2. The van der Waals surface area contributed by atoms with Gasteiger partial charge < -0.3 is 9.80 Å². The van der Waals surface area contributed by atoms with Crippen molar-refractivity contribution < 1.29 is 9.59 Å². The molecule has 1 atom stereocenters. The van der Waals surface area contributed by atoms with Gasteiger partial charge in [0.25, 0.3) is 5.91 Å². The average Bonchev–Trinajstić information content (AvgIpc) is 3.04. The number of amides is 2. The summed E-state index contributed by atoms with van der Waals surface area (Å²) in [4.78, 5) is 31.6. The summed E-state index contributed by atoms with van der Waals surface area (Å²) in [7, 11) is 4.01. The SMILES string of the molecule is CCn1nc(C(C)C)cc1C(=O)N1CCN(C)[C@@]2(CCC(=O)N(C)CC2)C1. The molecule has 2 amide bonds. The standard InChI is InChI=1S/C20H33N5O2/c1-6-25-17(13-16(21-25)15(2)3)19(27)24-12-11-23(5)20(14-24)8-7-18(26)22(4)10-9-20/h13,15H,6-12,14H2,1-5H3/t20-/m1/s1. The fourth-order valence-corrected chi connectivity index (χ4v) is 4.23. The molecule has 1 aromatic heterocycles. The Hall–Kier alpha value is -1.89. The van der Waals surface area contributed by atoms with Crippen LogP contribution in [0.25, 0.3) is 0 Å². The van der Waals surface area contributed by atoms with E-state index in [9.17, 15) is 9.59 Å². The maximum absolute atomic E-state index is 13.3. The smallest absolute Gasteiger partial charge is 0.272 e. The molecule has 3 heterocycles. The third-order valence-corrected chi connectivity index (χ3v) is 6.34. The van der Waals surface area contributed by atoms with Gasteiger partial charge >= 0.3 is 0 Å². The Labute approximate surface area is 162 Å². The van der Waals surface area contributed by atoms with E-state index in [0.717, 1.165) is 31.6 Å². The van der Waals surface area contributed by atoms with Crippen LogP contribution in [0.5, 0.6) is 0 Å².